The average molecular weight is 348 g/mol. The van der Waals surface area contributed by atoms with E-state index in [-0.39, 0.29) is 12.0 Å². The Morgan fingerprint density at radius 1 is 1.04 bits per heavy atom. The van der Waals surface area contributed by atoms with Gasteiger partial charge in [-0.15, -0.1) is 0 Å². The van der Waals surface area contributed by atoms with Gasteiger partial charge in [-0.25, -0.2) is 0 Å². The number of benzene rings is 2. The number of piperidine rings is 1. The molecule has 1 aliphatic carbocycles. The molecule has 2 unspecified atom stereocenters. The van der Waals surface area contributed by atoms with Crippen molar-refractivity contribution in [2.45, 2.75) is 32.2 Å². The van der Waals surface area contributed by atoms with Crippen LogP contribution in [0.3, 0.4) is 0 Å². The molecule has 1 saturated heterocycles. The van der Waals surface area contributed by atoms with Gasteiger partial charge in [-0.05, 0) is 61.4 Å². The van der Waals surface area contributed by atoms with Crippen molar-refractivity contribution in [3.63, 3.8) is 0 Å². The number of hydrogen-bond acceptors (Lipinski definition) is 2. The average Bonchev–Trinajstić information content (AvgIpc) is 3.40. The molecule has 3 heteroatoms. The van der Waals surface area contributed by atoms with E-state index in [0.717, 1.165) is 32.4 Å². The second-order valence-electron chi connectivity index (χ2n) is 7.98. The van der Waals surface area contributed by atoms with Crippen LogP contribution in [0.5, 0.6) is 0 Å². The van der Waals surface area contributed by atoms with Crippen LogP contribution in [0.25, 0.3) is 11.1 Å². The summed E-state index contributed by atoms with van der Waals surface area (Å²) in [6.45, 7) is 4.25. The van der Waals surface area contributed by atoms with E-state index in [2.05, 4.69) is 60.8 Å². The van der Waals surface area contributed by atoms with Crippen LogP contribution < -0.4 is 5.32 Å². The van der Waals surface area contributed by atoms with Crippen LogP contribution in [0.1, 0.15) is 37.8 Å². The summed E-state index contributed by atoms with van der Waals surface area (Å²) in [5, 5.41) is 3.41. The zero-order valence-electron chi connectivity index (χ0n) is 15.7. The molecule has 1 amide bonds. The number of nitrogens with zero attached hydrogens (tertiary/aromatic N) is 1. The lowest BCUT2D eigenvalue weighted by Gasteiger charge is -2.28. The van der Waals surface area contributed by atoms with Gasteiger partial charge in [0.1, 0.15) is 0 Å². The number of rotatable bonds is 4. The fourth-order valence-corrected chi connectivity index (χ4v) is 4.42. The van der Waals surface area contributed by atoms with Crippen LogP contribution >= 0.6 is 0 Å². The highest BCUT2D eigenvalue weighted by molar-refractivity contribution is 5.83. The number of hydrogen-bond donors (Lipinski definition) is 1. The monoisotopic (exact) mass is 348 g/mol. The lowest BCUT2D eigenvalue weighted by Crippen LogP contribution is -2.35. The first-order valence-electron chi connectivity index (χ1n) is 9.73. The van der Waals surface area contributed by atoms with Crippen LogP contribution in [-0.4, -0.2) is 30.9 Å². The normalized spacial score (nSPS) is 22.0. The molecule has 26 heavy (non-hydrogen) atoms. The van der Waals surface area contributed by atoms with Gasteiger partial charge in [-0.3, -0.25) is 4.79 Å². The molecule has 136 valence electrons. The highest BCUT2D eigenvalue weighted by Gasteiger charge is 2.58. The van der Waals surface area contributed by atoms with Crippen LogP contribution in [-0.2, 0) is 4.79 Å². The van der Waals surface area contributed by atoms with E-state index in [1.54, 1.807) is 0 Å². The summed E-state index contributed by atoms with van der Waals surface area (Å²) in [6, 6.07) is 19.1. The highest BCUT2D eigenvalue weighted by atomic mass is 16.2. The molecular weight excluding hydrogens is 320 g/mol. The third-order valence-corrected chi connectivity index (χ3v) is 6.52. The van der Waals surface area contributed by atoms with Crippen LogP contribution in [0.15, 0.2) is 54.6 Å². The smallest absolute Gasteiger partial charge is 0.226 e. The Balaban J connectivity index is 1.44. The zero-order chi connectivity index (χ0) is 18.1. The van der Waals surface area contributed by atoms with Crippen molar-refractivity contribution in [1.82, 2.24) is 10.2 Å². The lowest BCUT2D eigenvalue weighted by molar-refractivity contribution is -0.134. The van der Waals surface area contributed by atoms with Crippen molar-refractivity contribution in [2.75, 3.05) is 20.1 Å². The van der Waals surface area contributed by atoms with E-state index in [9.17, 15) is 4.79 Å². The van der Waals surface area contributed by atoms with Crippen molar-refractivity contribution in [3.05, 3.63) is 60.2 Å². The van der Waals surface area contributed by atoms with E-state index in [1.807, 2.05) is 18.0 Å². The Bertz CT molecular complexity index is 763. The molecule has 2 aromatic rings. The topological polar surface area (TPSA) is 32.3 Å². The van der Waals surface area contributed by atoms with E-state index in [1.165, 1.54) is 16.7 Å². The Kier molecular flexibility index (Phi) is 4.58. The van der Waals surface area contributed by atoms with Gasteiger partial charge in [0.2, 0.25) is 5.91 Å². The minimum atomic E-state index is 0.103. The largest absolute Gasteiger partial charge is 0.339 e. The molecule has 0 bridgehead atoms. The van der Waals surface area contributed by atoms with E-state index in [4.69, 9.17) is 0 Å². The molecule has 3 nitrogen and oxygen atoms in total. The van der Waals surface area contributed by atoms with Crippen molar-refractivity contribution in [3.8, 4) is 11.1 Å². The number of amides is 1. The standard InChI is InChI=1S/C23H28N2O/c1-17(18-8-10-20(11-9-18)19-6-4-3-5-7-19)25(2)22(26)21-16-23(21)12-14-24-15-13-23/h3-11,17,21,24H,12-16H2,1-2H3. The summed E-state index contributed by atoms with van der Waals surface area (Å²) in [7, 11) is 1.96. The van der Waals surface area contributed by atoms with Crippen LogP contribution in [0, 0.1) is 11.3 Å². The molecule has 1 spiro atoms. The molecule has 0 aromatic heterocycles. The van der Waals surface area contributed by atoms with Gasteiger partial charge < -0.3 is 10.2 Å². The molecule has 2 aromatic carbocycles. The molecule has 1 N–H and O–H groups in total. The summed E-state index contributed by atoms with van der Waals surface area (Å²) in [5.74, 6) is 0.562. The fourth-order valence-electron chi connectivity index (χ4n) is 4.42. The second kappa shape index (κ2) is 6.88. The van der Waals surface area contributed by atoms with E-state index in [0.29, 0.717) is 11.3 Å². The van der Waals surface area contributed by atoms with E-state index < -0.39 is 0 Å². The number of carbonyl (C=O) groups excluding carboxylic acids is 1. The van der Waals surface area contributed by atoms with Gasteiger partial charge in [0.25, 0.3) is 0 Å². The predicted molar refractivity (Wildman–Crippen MR) is 106 cm³/mol. The Morgan fingerprint density at radius 2 is 1.65 bits per heavy atom. The summed E-state index contributed by atoms with van der Waals surface area (Å²) in [4.78, 5) is 14.9. The van der Waals surface area contributed by atoms with Gasteiger partial charge in [0.05, 0.1) is 6.04 Å². The van der Waals surface area contributed by atoms with Gasteiger partial charge in [0.15, 0.2) is 0 Å². The first-order valence-corrected chi connectivity index (χ1v) is 9.73. The molecule has 2 fully saturated rings. The third kappa shape index (κ3) is 3.16. The molecule has 1 heterocycles. The predicted octanol–water partition coefficient (Wildman–Crippen LogP) is 4.26. The Morgan fingerprint density at radius 3 is 2.31 bits per heavy atom. The molecule has 0 radical (unpaired) electrons. The third-order valence-electron chi connectivity index (χ3n) is 6.52. The summed E-state index contributed by atoms with van der Waals surface area (Å²) < 4.78 is 0. The summed E-state index contributed by atoms with van der Waals surface area (Å²) in [5.41, 5.74) is 3.93. The maximum atomic E-state index is 13.0. The maximum absolute atomic E-state index is 13.0. The second-order valence-corrected chi connectivity index (χ2v) is 7.98. The maximum Gasteiger partial charge on any atom is 0.226 e. The van der Waals surface area contributed by atoms with Crippen LogP contribution in [0.2, 0.25) is 0 Å². The zero-order valence-corrected chi connectivity index (χ0v) is 15.7. The molecular formula is C23H28N2O. The molecule has 2 aliphatic rings. The van der Waals surface area contributed by atoms with Gasteiger partial charge in [0, 0.05) is 13.0 Å². The molecule has 1 saturated carbocycles. The van der Waals surface area contributed by atoms with Crippen molar-refractivity contribution >= 4 is 5.91 Å². The molecule has 4 rings (SSSR count). The quantitative estimate of drug-likeness (QED) is 0.895. The fraction of sp³-hybridized carbons (Fsp3) is 0.435. The molecule has 2 atom stereocenters. The minimum Gasteiger partial charge on any atom is -0.339 e. The Hall–Kier alpha value is -2.13. The number of carbonyl (C=O) groups is 1. The summed E-state index contributed by atoms with van der Waals surface area (Å²) >= 11 is 0. The first-order chi connectivity index (χ1) is 12.6. The Labute approximate surface area is 156 Å². The van der Waals surface area contributed by atoms with Crippen LogP contribution in [0.4, 0.5) is 0 Å². The first kappa shape index (κ1) is 17.3. The van der Waals surface area contributed by atoms with Crippen molar-refractivity contribution in [1.29, 1.82) is 0 Å². The summed E-state index contributed by atoms with van der Waals surface area (Å²) in [6.07, 6.45) is 3.38. The van der Waals surface area contributed by atoms with Gasteiger partial charge in [-0.2, -0.15) is 0 Å². The lowest BCUT2D eigenvalue weighted by atomic mass is 9.91. The van der Waals surface area contributed by atoms with E-state index >= 15 is 0 Å². The van der Waals surface area contributed by atoms with Gasteiger partial charge >= 0.3 is 0 Å². The van der Waals surface area contributed by atoms with Crippen molar-refractivity contribution < 1.29 is 4.79 Å². The highest BCUT2D eigenvalue weighted by Crippen LogP contribution is 2.59. The van der Waals surface area contributed by atoms with Gasteiger partial charge in [-0.1, -0.05) is 54.6 Å². The van der Waals surface area contributed by atoms with Crippen molar-refractivity contribution in [2.24, 2.45) is 11.3 Å². The number of nitrogens with one attached hydrogen (secondary N) is 1. The molecule has 1 aliphatic heterocycles. The minimum absolute atomic E-state index is 0.103. The SMILES string of the molecule is CC(c1ccc(-c2ccccc2)cc1)N(C)C(=O)C1CC12CCNCC2.